The third-order valence-electron chi connectivity index (χ3n) is 1.84. The second-order valence-electron chi connectivity index (χ2n) is 3.55. The van der Waals surface area contributed by atoms with Gasteiger partial charge in [-0.3, -0.25) is 0 Å². The number of aliphatic hydroxyl groups is 1. The molecule has 1 heterocycles. The van der Waals surface area contributed by atoms with Crippen LogP contribution < -0.4 is 5.32 Å². The SMILES string of the molecule is CC(C)CNC(CO)c1ccco1. The zero-order valence-corrected chi connectivity index (χ0v) is 8.16. The Morgan fingerprint density at radius 1 is 1.54 bits per heavy atom. The molecule has 0 fully saturated rings. The maximum absolute atomic E-state index is 9.09. The minimum absolute atomic E-state index is 0.0697. The van der Waals surface area contributed by atoms with Gasteiger partial charge >= 0.3 is 0 Å². The molecule has 1 atom stereocenters. The molecule has 0 saturated heterocycles. The molecule has 0 aliphatic heterocycles. The summed E-state index contributed by atoms with van der Waals surface area (Å²) < 4.78 is 5.20. The van der Waals surface area contributed by atoms with E-state index in [4.69, 9.17) is 9.52 Å². The second-order valence-corrected chi connectivity index (χ2v) is 3.55. The van der Waals surface area contributed by atoms with E-state index >= 15 is 0 Å². The van der Waals surface area contributed by atoms with Crippen molar-refractivity contribution in [2.45, 2.75) is 19.9 Å². The molecule has 0 amide bonds. The molecule has 74 valence electrons. The molecule has 0 bridgehead atoms. The zero-order valence-electron chi connectivity index (χ0n) is 8.16. The Hall–Kier alpha value is -0.800. The van der Waals surface area contributed by atoms with Gasteiger partial charge in [-0.25, -0.2) is 0 Å². The fourth-order valence-corrected chi connectivity index (χ4v) is 1.12. The average Bonchev–Trinajstić information content (AvgIpc) is 2.58. The Morgan fingerprint density at radius 2 is 2.31 bits per heavy atom. The lowest BCUT2D eigenvalue weighted by Crippen LogP contribution is -2.27. The molecule has 3 nitrogen and oxygen atoms in total. The zero-order chi connectivity index (χ0) is 9.68. The number of hydrogen-bond donors (Lipinski definition) is 2. The van der Waals surface area contributed by atoms with E-state index in [1.54, 1.807) is 6.26 Å². The lowest BCUT2D eigenvalue weighted by atomic mass is 10.2. The number of aliphatic hydroxyl groups excluding tert-OH is 1. The number of nitrogens with one attached hydrogen (secondary N) is 1. The van der Waals surface area contributed by atoms with Gasteiger partial charge in [0.2, 0.25) is 0 Å². The third-order valence-corrected chi connectivity index (χ3v) is 1.84. The maximum Gasteiger partial charge on any atom is 0.123 e. The highest BCUT2D eigenvalue weighted by molar-refractivity contribution is 5.04. The van der Waals surface area contributed by atoms with Crippen molar-refractivity contribution in [2.24, 2.45) is 5.92 Å². The Kier molecular flexibility index (Phi) is 3.99. The third kappa shape index (κ3) is 3.20. The van der Waals surface area contributed by atoms with Crippen LogP contribution in [0.1, 0.15) is 25.6 Å². The molecule has 3 heteroatoms. The summed E-state index contributed by atoms with van der Waals surface area (Å²) in [6, 6.07) is 3.63. The minimum atomic E-state index is -0.0719. The summed E-state index contributed by atoms with van der Waals surface area (Å²) in [5, 5.41) is 12.3. The highest BCUT2D eigenvalue weighted by Gasteiger charge is 2.12. The van der Waals surface area contributed by atoms with Crippen LogP contribution in [0, 0.1) is 5.92 Å². The van der Waals surface area contributed by atoms with E-state index in [0.717, 1.165) is 12.3 Å². The molecule has 0 saturated carbocycles. The van der Waals surface area contributed by atoms with Crippen molar-refractivity contribution in [1.29, 1.82) is 0 Å². The summed E-state index contributed by atoms with van der Waals surface area (Å²) in [7, 11) is 0. The van der Waals surface area contributed by atoms with Gasteiger partial charge in [0.25, 0.3) is 0 Å². The summed E-state index contributed by atoms with van der Waals surface area (Å²) in [6.45, 7) is 5.21. The van der Waals surface area contributed by atoms with Gasteiger partial charge in [-0.1, -0.05) is 13.8 Å². The Bertz CT molecular complexity index is 219. The first kappa shape index (κ1) is 10.3. The number of furan rings is 1. The van der Waals surface area contributed by atoms with Gasteiger partial charge in [0.15, 0.2) is 0 Å². The van der Waals surface area contributed by atoms with Crippen LogP contribution in [0.25, 0.3) is 0 Å². The normalized spacial score (nSPS) is 13.5. The molecule has 0 spiro atoms. The van der Waals surface area contributed by atoms with E-state index in [-0.39, 0.29) is 12.6 Å². The van der Waals surface area contributed by atoms with E-state index in [1.165, 1.54) is 0 Å². The highest BCUT2D eigenvalue weighted by Crippen LogP contribution is 2.12. The van der Waals surface area contributed by atoms with Crippen molar-refractivity contribution in [3.63, 3.8) is 0 Å². The van der Waals surface area contributed by atoms with Gasteiger partial charge in [0, 0.05) is 0 Å². The van der Waals surface area contributed by atoms with E-state index in [1.807, 2.05) is 12.1 Å². The first-order chi connectivity index (χ1) is 6.24. The second kappa shape index (κ2) is 5.04. The highest BCUT2D eigenvalue weighted by atomic mass is 16.3. The number of hydrogen-bond acceptors (Lipinski definition) is 3. The molecular weight excluding hydrogens is 166 g/mol. The Morgan fingerprint density at radius 3 is 2.77 bits per heavy atom. The van der Waals surface area contributed by atoms with Gasteiger partial charge in [0.05, 0.1) is 18.9 Å². The van der Waals surface area contributed by atoms with Crippen molar-refractivity contribution in [2.75, 3.05) is 13.2 Å². The standard InChI is InChI=1S/C10H17NO2/c1-8(2)6-11-9(7-12)10-4-3-5-13-10/h3-5,8-9,11-12H,6-7H2,1-2H3. The van der Waals surface area contributed by atoms with Crippen molar-refractivity contribution < 1.29 is 9.52 Å². The van der Waals surface area contributed by atoms with Crippen LogP contribution in [0.2, 0.25) is 0 Å². The predicted octanol–water partition coefficient (Wildman–Crippen LogP) is 1.56. The van der Waals surface area contributed by atoms with Gasteiger partial charge in [-0.15, -0.1) is 0 Å². The molecule has 1 aromatic heterocycles. The molecule has 1 unspecified atom stereocenters. The van der Waals surface area contributed by atoms with E-state index < -0.39 is 0 Å². The lowest BCUT2D eigenvalue weighted by molar-refractivity contribution is 0.223. The number of rotatable bonds is 5. The van der Waals surface area contributed by atoms with Gasteiger partial charge in [-0.2, -0.15) is 0 Å². The summed E-state index contributed by atoms with van der Waals surface area (Å²) in [6.07, 6.45) is 1.62. The Balaban J connectivity index is 2.44. The fraction of sp³-hybridized carbons (Fsp3) is 0.600. The Labute approximate surface area is 78.8 Å². The van der Waals surface area contributed by atoms with Crippen LogP contribution >= 0.6 is 0 Å². The predicted molar refractivity (Wildman–Crippen MR) is 51.4 cm³/mol. The van der Waals surface area contributed by atoms with Crippen molar-refractivity contribution in [3.05, 3.63) is 24.2 Å². The maximum atomic E-state index is 9.09. The molecule has 1 rings (SSSR count). The lowest BCUT2D eigenvalue weighted by Gasteiger charge is -2.15. The van der Waals surface area contributed by atoms with Crippen molar-refractivity contribution >= 4 is 0 Å². The first-order valence-electron chi connectivity index (χ1n) is 4.61. The van der Waals surface area contributed by atoms with Gasteiger partial charge < -0.3 is 14.8 Å². The molecule has 13 heavy (non-hydrogen) atoms. The molecule has 0 radical (unpaired) electrons. The fourth-order valence-electron chi connectivity index (χ4n) is 1.12. The van der Waals surface area contributed by atoms with Crippen LogP contribution in [0.4, 0.5) is 0 Å². The minimum Gasteiger partial charge on any atom is -0.468 e. The van der Waals surface area contributed by atoms with Crippen LogP contribution in [-0.2, 0) is 0 Å². The molecule has 0 aliphatic rings. The summed E-state index contributed by atoms with van der Waals surface area (Å²) >= 11 is 0. The van der Waals surface area contributed by atoms with Crippen LogP contribution in [0.5, 0.6) is 0 Å². The largest absolute Gasteiger partial charge is 0.468 e. The molecule has 0 aliphatic carbocycles. The van der Waals surface area contributed by atoms with E-state index in [9.17, 15) is 0 Å². The summed E-state index contributed by atoms with van der Waals surface area (Å²) in [5.41, 5.74) is 0. The monoisotopic (exact) mass is 183 g/mol. The van der Waals surface area contributed by atoms with Crippen molar-refractivity contribution in [3.8, 4) is 0 Å². The summed E-state index contributed by atoms with van der Waals surface area (Å²) in [5.74, 6) is 1.37. The topological polar surface area (TPSA) is 45.4 Å². The molecule has 2 N–H and O–H groups in total. The van der Waals surface area contributed by atoms with Crippen LogP contribution in [0.15, 0.2) is 22.8 Å². The molecular formula is C10H17NO2. The van der Waals surface area contributed by atoms with Crippen LogP contribution in [0.3, 0.4) is 0 Å². The first-order valence-corrected chi connectivity index (χ1v) is 4.61. The molecule has 0 aromatic carbocycles. The van der Waals surface area contributed by atoms with Gasteiger partial charge in [0.1, 0.15) is 5.76 Å². The van der Waals surface area contributed by atoms with Gasteiger partial charge in [-0.05, 0) is 24.6 Å². The van der Waals surface area contributed by atoms with Crippen LogP contribution in [-0.4, -0.2) is 18.3 Å². The average molecular weight is 183 g/mol. The quantitative estimate of drug-likeness (QED) is 0.728. The van der Waals surface area contributed by atoms with E-state index in [2.05, 4.69) is 19.2 Å². The smallest absolute Gasteiger partial charge is 0.123 e. The summed E-state index contributed by atoms with van der Waals surface area (Å²) in [4.78, 5) is 0. The van der Waals surface area contributed by atoms with E-state index in [0.29, 0.717) is 5.92 Å². The molecule has 1 aromatic rings. The van der Waals surface area contributed by atoms with Crippen molar-refractivity contribution in [1.82, 2.24) is 5.32 Å².